The topological polar surface area (TPSA) is 65.7 Å². The molecule has 0 saturated carbocycles. The predicted molar refractivity (Wildman–Crippen MR) is 96.8 cm³/mol. The Hall–Kier alpha value is -2.56. The minimum atomic E-state index is -0.471. The number of methoxy groups -OCH3 is 1. The second kappa shape index (κ2) is 6.98. The van der Waals surface area contributed by atoms with Crippen molar-refractivity contribution < 1.29 is 23.5 Å². The summed E-state index contributed by atoms with van der Waals surface area (Å²) in [6, 6.07) is 1.69. The maximum Gasteiger partial charge on any atom is 0.341 e. The minimum Gasteiger partial charge on any atom is -0.465 e. The fourth-order valence-electron chi connectivity index (χ4n) is 3.65. The maximum atomic E-state index is 12.3. The van der Waals surface area contributed by atoms with Crippen LogP contribution in [0.5, 0.6) is 0 Å². The minimum absolute atomic E-state index is 0.0894. The van der Waals surface area contributed by atoms with Crippen molar-refractivity contribution >= 4 is 11.9 Å². The third-order valence-electron chi connectivity index (χ3n) is 5.16. The van der Waals surface area contributed by atoms with Crippen LogP contribution in [0.25, 0.3) is 0 Å². The van der Waals surface area contributed by atoms with Gasteiger partial charge in [0.25, 0.3) is 0 Å². The highest BCUT2D eigenvalue weighted by Crippen LogP contribution is 2.39. The van der Waals surface area contributed by atoms with Crippen LogP contribution in [0.4, 0.5) is 0 Å². The zero-order chi connectivity index (χ0) is 19.0. The molecule has 0 N–H and O–H groups in total. The van der Waals surface area contributed by atoms with Gasteiger partial charge in [0.2, 0.25) is 0 Å². The molecule has 5 heteroatoms. The monoisotopic (exact) mass is 356 g/mol. The first-order valence-corrected chi connectivity index (χ1v) is 8.75. The van der Waals surface area contributed by atoms with Crippen molar-refractivity contribution in [1.29, 1.82) is 0 Å². The number of hydrogen-bond donors (Lipinski definition) is 0. The normalized spacial score (nSPS) is 25.0. The molecule has 0 saturated heterocycles. The molecule has 26 heavy (non-hydrogen) atoms. The van der Waals surface area contributed by atoms with Crippen LogP contribution in [-0.2, 0) is 20.7 Å². The lowest BCUT2D eigenvalue weighted by molar-refractivity contribution is -0.140. The summed E-state index contributed by atoms with van der Waals surface area (Å²) in [5, 5.41) is 0. The van der Waals surface area contributed by atoms with E-state index in [2.05, 4.69) is 13.2 Å². The first-order chi connectivity index (χ1) is 12.3. The molecular weight excluding hydrogens is 332 g/mol. The van der Waals surface area contributed by atoms with Crippen LogP contribution in [0.15, 0.2) is 46.4 Å². The highest BCUT2D eigenvalue weighted by atomic mass is 16.5. The summed E-state index contributed by atoms with van der Waals surface area (Å²) in [5.74, 6) is 0.169. The van der Waals surface area contributed by atoms with Crippen LogP contribution >= 0.6 is 0 Å². The molecule has 3 heterocycles. The number of allylic oxidation sites excluding steroid dienone is 1. The Morgan fingerprint density at radius 3 is 2.62 bits per heavy atom. The van der Waals surface area contributed by atoms with E-state index in [1.165, 1.54) is 7.11 Å². The molecule has 3 rings (SSSR count). The number of carbonyl (C=O) groups excluding carboxylic acids is 2. The summed E-state index contributed by atoms with van der Waals surface area (Å²) in [4.78, 5) is 24.5. The molecule has 1 aromatic heterocycles. The Labute approximate surface area is 153 Å². The van der Waals surface area contributed by atoms with Gasteiger partial charge in [-0.1, -0.05) is 24.3 Å². The molecule has 2 aliphatic rings. The van der Waals surface area contributed by atoms with Gasteiger partial charge in [0.05, 0.1) is 13.0 Å². The van der Waals surface area contributed by atoms with Gasteiger partial charge in [0, 0.05) is 12.0 Å². The maximum absolute atomic E-state index is 12.3. The molecule has 0 spiro atoms. The summed E-state index contributed by atoms with van der Waals surface area (Å²) in [6.07, 6.45) is 3.27. The molecular formula is C21H24O5. The second-order valence-corrected chi connectivity index (χ2v) is 7.15. The molecule has 4 bridgehead atoms. The zero-order valence-electron chi connectivity index (χ0n) is 15.5. The molecule has 2 aliphatic heterocycles. The lowest BCUT2D eigenvalue weighted by Crippen LogP contribution is -2.19. The van der Waals surface area contributed by atoms with Crippen molar-refractivity contribution in [2.24, 2.45) is 5.92 Å². The van der Waals surface area contributed by atoms with Crippen LogP contribution < -0.4 is 0 Å². The number of ether oxygens (including phenoxy) is 2. The molecule has 138 valence electrons. The lowest BCUT2D eigenvalue weighted by atomic mass is 9.87. The molecule has 0 aliphatic carbocycles. The summed E-state index contributed by atoms with van der Waals surface area (Å²) in [7, 11) is 1.35. The van der Waals surface area contributed by atoms with Gasteiger partial charge in [0.15, 0.2) is 0 Å². The first kappa shape index (κ1) is 18.2. The number of carbonyl (C=O) groups is 2. The predicted octanol–water partition coefficient (Wildman–Crippen LogP) is 4.11. The number of furan rings is 1. The molecule has 1 aromatic rings. The Kier molecular flexibility index (Phi) is 4.90. The molecule has 0 radical (unpaired) electrons. The Morgan fingerprint density at radius 2 is 2.00 bits per heavy atom. The van der Waals surface area contributed by atoms with Crippen molar-refractivity contribution in [3.63, 3.8) is 0 Å². The van der Waals surface area contributed by atoms with E-state index in [1.54, 1.807) is 6.07 Å². The van der Waals surface area contributed by atoms with Crippen molar-refractivity contribution in [1.82, 2.24) is 0 Å². The van der Waals surface area contributed by atoms with E-state index < -0.39 is 12.1 Å². The quantitative estimate of drug-likeness (QED) is 0.602. The first-order valence-electron chi connectivity index (χ1n) is 8.75. The van der Waals surface area contributed by atoms with Crippen LogP contribution in [-0.4, -0.2) is 25.2 Å². The summed E-state index contributed by atoms with van der Waals surface area (Å²) >= 11 is 0. The number of fused-ring (bicyclic) bond motifs is 3. The SMILES string of the molecule is C=C(C)C1CCC2=C[C@@H](OC2=O)[C@@H](C(=C)C)c2cc(C(=O)OC)c(o2)C1. The fraction of sp³-hybridized carbons (Fsp3) is 0.429. The lowest BCUT2D eigenvalue weighted by Gasteiger charge is -2.20. The molecule has 3 atom stereocenters. The van der Waals surface area contributed by atoms with Crippen molar-refractivity contribution in [2.75, 3.05) is 7.11 Å². The van der Waals surface area contributed by atoms with Crippen LogP contribution in [0.1, 0.15) is 54.5 Å². The van der Waals surface area contributed by atoms with Crippen LogP contribution in [0.2, 0.25) is 0 Å². The largest absolute Gasteiger partial charge is 0.465 e. The fourth-order valence-corrected chi connectivity index (χ4v) is 3.65. The summed E-state index contributed by atoms with van der Waals surface area (Å²) < 4.78 is 16.6. The van der Waals surface area contributed by atoms with E-state index in [-0.39, 0.29) is 17.8 Å². The van der Waals surface area contributed by atoms with E-state index >= 15 is 0 Å². The van der Waals surface area contributed by atoms with Crippen molar-refractivity contribution in [3.05, 3.63) is 59.1 Å². The van der Waals surface area contributed by atoms with E-state index in [1.807, 2.05) is 19.9 Å². The van der Waals surface area contributed by atoms with Gasteiger partial charge < -0.3 is 13.9 Å². The van der Waals surface area contributed by atoms with Gasteiger partial charge in [-0.15, -0.1) is 0 Å². The van der Waals surface area contributed by atoms with Crippen molar-refractivity contribution in [2.45, 2.75) is 45.1 Å². The molecule has 1 unspecified atom stereocenters. The van der Waals surface area contributed by atoms with E-state index in [4.69, 9.17) is 13.9 Å². The molecule has 0 aromatic carbocycles. The van der Waals surface area contributed by atoms with Gasteiger partial charge in [-0.25, -0.2) is 9.59 Å². The van der Waals surface area contributed by atoms with Gasteiger partial charge in [-0.05, 0) is 44.7 Å². The average Bonchev–Trinajstić information content (AvgIpc) is 3.12. The van der Waals surface area contributed by atoms with Crippen LogP contribution in [0.3, 0.4) is 0 Å². The van der Waals surface area contributed by atoms with Gasteiger partial charge in [0.1, 0.15) is 23.2 Å². The summed E-state index contributed by atoms with van der Waals surface area (Å²) in [5.41, 5.74) is 2.88. The Morgan fingerprint density at radius 1 is 1.27 bits per heavy atom. The van der Waals surface area contributed by atoms with E-state index in [9.17, 15) is 9.59 Å². The van der Waals surface area contributed by atoms with E-state index in [0.29, 0.717) is 35.5 Å². The third-order valence-corrected chi connectivity index (χ3v) is 5.16. The third kappa shape index (κ3) is 3.26. The van der Waals surface area contributed by atoms with E-state index in [0.717, 1.165) is 17.6 Å². The molecule has 5 nitrogen and oxygen atoms in total. The highest BCUT2D eigenvalue weighted by Gasteiger charge is 2.37. The van der Waals surface area contributed by atoms with Gasteiger partial charge in [-0.2, -0.15) is 0 Å². The summed E-state index contributed by atoms with van der Waals surface area (Å²) in [6.45, 7) is 11.9. The van der Waals surface area contributed by atoms with Gasteiger partial charge >= 0.3 is 11.9 Å². The van der Waals surface area contributed by atoms with Crippen LogP contribution in [0, 0.1) is 5.92 Å². The Balaban J connectivity index is 2.14. The van der Waals surface area contributed by atoms with Gasteiger partial charge in [-0.3, -0.25) is 0 Å². The highest BCUT2D eigenvalue weighted by molar-refractivity contribution is 5.92. The standard InChI is InChI=1S/C21H24O5/c1-11(2)13-6-7-14-9-17(26-20(14)22)19(12(3)4)18-10-15(21(23)24-5)16(8-13)25-18/h9-10,13,17,19H,1,3,6-8H2,2,4-5H3/t13?,17-,19-/m1/s1. The number of hydrogen-bond acceptors (Lipinski definition) is 5. The molecule has 0 fully saturated rings. The number of esters is 2. The Bertz CT molecular complexity index is 810. The van der Waals surface area contributed by atoms with Crippen molar-refractivity contribution in [3.8, 4) is 0 Å². The second-order valence-electron chi connectivity index (χ2n) is 7.15. The number of rotatable bonds is 3. The smallest absolute Gasteiger partial charge is 0.341 e. The average molecular weight is 356 g/mol. The zero-order valence-corrected chi connectivity index (χ0v) is 15.5. The molecule has 0 amide bonds.